The molecule has 1 aromatic heterocycles. The number of nitrogens with zero attached hydrogens (tertiary/aromatic N) is 4. The van der Waals surface area contributed by atoms with Crippen molar-refractivity contribution >= 4 is 34.9 Å². The molecule has 284 valence electrons. The summed E-state index contributed by atoms with van der Waals surface area (Å²) in [7, 11) is 3.34. The molecule has 1 fully saturated rings. The van der Waals surface area contributed by atoms with E-state index in [1.807, 2.05) is 14.0 Å². The van der Waals surface area contributed by atoms with Crippen molar-refractivity contribution in [1.82, 2.24) is 30.2 Å². The van der Waals surface area contributed by atoms with Gasteiger partial charge in [-0.15, -0.1) is 0 Å². The third kappa shape index (κ3) is 8.79. The van der Waals surface area contributed by atoms with E-state index in [2.05, 4.69) is 25.9 Å². The fraction of sp³-hybridized carbons (Fsp3) is 0.447. The van der Waals surface area contributed by atoms with Gasteiger partial charge >= 0.3 is 0 Å². The van der Waals surface area contributed by atoms with E-state index >= 15 is 4.39 Å². The smallest absolute Gasteiger partial charge is 0.274 e. The maximum atomic E-state index is 15.9. The molecule has 1 aliphatic carbocycles. The SMILES string of the molecule is CCn1nccc1C(=O)NC(C(=O)Nc1ccc([C@H](C)[C@@H](NC(=O)COC)C(=O)N2CCN(C)[C@H](C)C2)cc1F)C1CCC(=C(F)F)c2ccccc21. The third-order valence-corrected chi connectivity index (χ3v) is 10.2. The maximum Gasteiger partial charge on any atom is 0.274 e. The number of halogens is 3. The fourth-order valence-electron chi connectivity index (χ4n) is 7.08. The summed E-state index contributed by atoms with van der Waals surface area (Å²) in [6.45, 7) is 7.22. The molecule has 2 heterocycles. The van der Waals surface area contributed by atoms with Crippen molar-refractivity contribution in [2.45, 2.75) is 70.1 Å². The molecule has 1 aliphatic heterocycles. The zero-order valence-electron chi connectivity index (χ0n) is 30.5. The van der Waals surface area contributed by atoms with Crippen LogP contribution in [0.25, 0.3) is 5.57 Å². The number of hydrogen-bond acceptors (Lipinski definition) is 7. The van der Waals surface area contributed by atoms with Crippen LogP contribution in [0, 0.1) is 5.82 Å². The van der Waals surface area contributed by atoms with Gasteiger partial charge in [-0.2, -0.15) is 13.9 Å². The van der Waals surface area contributed by atoms with E-state index in [1.54, 1.807) is 49.1 Å². The minimum atomic E-state index is -1.82. The number of aryl methyl sites for hydroxylation is 1. The number of amides is 4. The van der Waals surface area contributed by atoms with Gasteiger partial charge in [0.1, 0.15) is 30.2 Å². The molecule has 0 radical (unpaired) electrons. The minimum absolute atomic E-state index is 0.0364. The Balaban J connectivity index is 1.42. The van der Waals surface area contributed by atoms with E-state index in [-0.39, 0.29) is 53.9 Å². The summed E-state index contributed by atoms with van der Waals surface area (Å²) in [4.78, 5) is 57.9. The molecule has 1 saturated heterocycles. The van der Waals surface area contributed by atoms with Gasteiger partial charge in [0.15, 0.2) is 0 Å². The summed E-state index contributed by atoms with van der Waals surface area (Å²) >= 11 is 0. The van der Waals surface area contributed by atoms with E-state index in [1.165, 1.54) is 36.2 Å². The Labute approximate surface area is 306 Å². The van der Waals surface area contributed by atoms with Gasteiger partial charge in [0.25, 0.3) is 12.0 Å². The second-order valence-electron chi connectivity index (χ2n) is 13.6. The highest BCUT2D eigenvalue weighted by Gasteiger charge is 2.38. The number of piperazine rings is 1. The lowest BCUT2D eigenvalue weighted by molar-refractivity contribution is -0.140. The first-order valence-corrected chi connectivity index (χ1v) is 17.7. The van der Waals surface area contributed by atoms with Gasteiger partial charge in [-0.3, -0.25) is 23.9 Å². The Morgan fingerprint density at radius 3 is 2.49 bits per heavy atom. The number of allylic oxidation sites excluding steroid dienone is 1. The molecule has 2 aliphatic rings. The molecule has 0 saturated carbocycles. The second-order valence-corrected chi connectivity index (χ2v) is 13.6. The molecule has 53 heavy (non-hydrogen) atoms. The normalized spacial score (nSPS) is 19.1. The lowest BCUT2D eigenvalue weighted by atomic mass is 9.76. The first-order valence-electron chi connectivity index (χ1n) is 17.7. The van der Waals surface area contributed by atoms with Crippen LogP contribution >= 0.6 is 0 Å². The number of carbonyl (C=O) groups is 4. The van der Waals surface area contributed by atoms with Crippen molar-refractivity contribution in [2.75, 3.05) is 45.7 Å². The Hall–Kier alpha value is -5.02. The Bertz CT molecular complexity index is 1860. The number of anilines is 1. The monoisotopic (exact) mass is 737 g/mol. The summed E-state index contributed by atoms with van der Waals surface area (Å²) in [5.41, 5.74) is 1.01. The predicted molar refractivity (Wildman–Crippen MR) is 193 cm³/mol. The molecule has 15 heteroatoms. The van der Waals surface area contributed by atoms with E-state index in [9.17, 15) is 28.0 Å². The lowest BCUT2D eigenvalue weighted by Gasteiger charge is -2.40. The van der Waals surface area contributed by atoms with Crippen molar-refractivity contribution < 1.29 is 37.1 Å². The molecule has 2 unspecified atom stereocenters. The number of hydrogen-bond donors (Lipinski definition) is 3. The van der Waals surface area contributed by atoms with Crippen molar-refractivity contribution in [3.63, 3.8) is 0 Å². The topological polar surface area (TPSA) is 138 Å². The average molecular weight is 738 g/mol. The van der Waals surface area contributed by atoms with Crippen LogP contribution in [0.2, 0.25) is 0 Å². The molecule has 5 atom stereocenters. The number of methoxy groups -OCH3 is 1. The van der Waals surface area contributed by atoms with Crippen LogP contribution in [0.1, 0.15) is 72.6 Å². The van der Waals surface area contributed by atoms with E-state index in [0.29, 0.717) is 37.3 Å². The quantitative estimate of drug-likeness (QED) is 0.251. The molecule has 2 aromatic carbocycles. The number of likely N-dealkylation sites (N-methyl/N-ethyl adjacent to an activating group) is 1. The predicted octanol–water partition coefficient (Wildman–Crippen LogP) is 4.36. The highest BCUT2D eigenvalue weighted by molar-refractivity contribution is 6.01. The minimum Gasteiger partial charge on any atom is -0.375 e. The molecular formula is C38H46F3N7O5. The summed E-state index contributed by atoms with van der Waals surface area (Å²) < 4.78 is 50.2. The van der Waals surface area contributed by atoms with Crippen LogP contribution in [-0.4, -0.2) is 102 Å². The standard InChI is InChI=1S/C38H46F3N7O5/c1-6-48-31(15-16-42-48)36(50)45-34(27-12-13-28(35(40)41)26-10-8-7-9-25(26)27)37(51)43-30-14-11-24(19-29(30)39)23(3)33(44-32(49)21-53-5)38(52)47-18-17-46(4)22(2)20-47/h7-11,14-16,19,22-23,27,33-34H,6,12-13,17-18,20-21H2,1-5H3,(H,43,51)(H,44,49)(H,45,50)/t22-,23+,27?,33-,34?/m1/s1. The average Bonchev–Trinajstić information content (AvgIpc) is 3.63. The van der Waals surface area contributed by atoms with Gasteiger partial charge in [0, 0.05) is 62.9 Å². The summed E-state index contributed by atoms with van der Waals surface area (Å²) in [6.07, 6.45) is -0.283. The zero-order chi connectivity index (χ0) is 38.4. The van der Waals surface area contributed by atoms with E-state index < -0.39 is 53.5 Å². The number of carbonyl (C=O) groups excluding carboxylic acids is 4. The van der Waals surface area contributed by atoms with Crippen LogP contribution in [0.3, 0.4) is 0 Å². The second kappa shape index (κ2) is 17.2. The highest BCUT2D eigenvalue weighted by atomic mass is 19.3. The van der Waals surface area contributed by atoms with Crippen LogP contribution in [-0.2, 0) is 25.7 Å². The van der Waals surface area contributed by atoms with Crippen molar-refractivity contribution in [2.24, 2.45) is 0 Å². The van der Waals surface area contributed by atoms with E-state index in [0.717, 1.165) is 0 Å². The van der Waals surface area contributed by atoms with Crippen LogP contribution in [0.15, 0.2) is 60.8 Å². The Morgan fingerprint density at radius 1 is 1.06 bits per heavy atom. The molecule has 5 rings (SSSR count). The van der Waals surface area contributed by atoms with Crippen molar-refractivity contribution in [1.29, 1.82) is 0 Å². The van der Waals surface area contributed by atoms with Crippen LogP contribution < -0.4 is 16.0 Å². The Kier molecular flexibility index (Phi) is 12.7. The first kappa shape index (κ1) is 39.2. The van der Waals surface area contributed by atoms with Gasteiger partial charge in [-0.05, 0) is 68.6 Å². The number of nitrogens with one attached hydrogen (secondary N) is 3. The van der Waals surface area contributed by atoms with Gasteiger partial charge in [-0.1, -0.05) is 37.3 Å². The molecule has 4 amide bonds. The van der Waals surface area contributed by atoms with Crippen molar-refractivity contribution in [3.05, 3.63) is 89.0 Å². The molecular weight excluding hydrogens is 691 g/mol. The highest BCUT2D eigenvalue weighted by Crippen LogP contribution is 2.42. The summed E-state index contributed by atoms with van der Waals surface area (Å²) in [6, 6.07) is 9.91. The zero-order valence-corrected chi connectivity index (χ0v) is 30.5. The number of rotatable bonds is 12. The Morgan fingerprint density at radius 2 is 1.81 bits per heavy atom. The molecule has 3 aromatic rings. The number of benzene rings is 2. The van der Waals surface area contributed by atoms with Crippen molar-refractivity contribution in [3.8, 4) is 0 Å². The molecule has 0 spiro atoms. The number of aromatic nitrogens is 2. The molecule has 3 N–H and O–H groups in total. The molecule has 0 bridgehead atoms. The number of fused-ring (bicyclic) bond motifs is 1. The van der Waals surface area contributed by atoms with Gasteiger partial charge in [0.05, 0.1) is 5.69 Å². The largest absolute Gasteiger partial charge is 0.375 e. The first-order chi connectivity index (χ1) is 25.3. The van der Waals surface area contributed by atoms with Gasteiger partial charge < -0.3 is 30.5 Å². The van der Waals surface area contributed by atoms with E-state index in [4.69, 9.17) is 4.74 Å². The summed E-state index contributed by atoms with van der Waals surface area (Å²) in [5.74, 6) is -4.37. The fourth-order valence-corrected chi connectivity index (χ4v) is 7.08. The lowest BCUT2D eigenvalue weighted by Crippen LogP contribution is -2.58. The number of ether oxygens (including phenoxy) is 1. The van der Waals surface area contributed by atoms with Gasteiger partial charge in [0.2, 0.25) is 17.7 Å². The maximum absolute atomic E-state index is 15.9. The van der Waals surface area contributed by atoms with Crippen LogP contribution in [0.4, 0.5) is 18.9 Å². The third-order valence-electron chi connectivity index (χ3n) is 10.2. The molecule has 12 nitrogen and oxygen atoms in total. The van der Waals surface area contributed by atoms with Crippen LogP contribution in [0.5, 0.6) is 0 Å². The van der Waals surface area contributed by atoms with Gasteiger partial charge in [-0.25, -0.2) is 4.39 Å². The summed E-state index contributed by atoms with van der Waals surface area (Å²) in [5, 5.41) is 12.3.